The van der Waals surface area contributed by atoms with E-state index in [0.29, 0.717) is 31.1 Å². The third kappa shape index (κ3) is 9.19. The van der Waals surface area contributed by atoms with Crippen LogP contribution in [0, 0.1) is 5.92 Å². The Hall–Kier alpha value is -3.63. The molecule has 1 aliphatic carbocycles. The molecular formula is C31H39ClN4O6. The van der Waals surface area contributed by atoms with Gasteiger partial charge in [0.05, 0.1) is 6.54 Å². The van der Waals surface area contributed by atoms with Crippen molar-refractivity contribution < 1.29 is 29.0 Å². The first-order valence-corrected chi connectivity index (χ1v) is 14.9. The number of halogens is 1. The van der Waals surface area contributed by atoms with Gasteiger partial charge in [0.15, 0.2) is 12.0 Å². The molecule has 0 saturated heterocycles. The summed E-state index contributed by atoms with van der Waals surface area (Å²) in [6.45, 7) is 1.23. The number of aliphatic hydroxyl groups is 1. The molecule has 1 heterocycles. The minimum Gasteiger partial charge on any atom is -0.491 e. The van der Waals surface area contributed by atoms with E-state index in [9.17, 15) is 24.3 Å². The maximum Gasteiger partial charge on any atom is 0.315 e. The Morgan fingerprint density at radius 1 is 1.12 bits per heavy atom. The quantitative estimate of drug-likeness (QED) is 0.230. The zero-order chi connectivity index (χ0) is 30.0. The number of fused-ring (bicyclic) bond motifs is 1. The van der Waals surface area contributed by atoms with E-state index in [-0.39, 0.29) is 37.5 Å². The fourth-order valence-corrected chi connectivity index (χ4v) is 5.68. The van der Waals surface area contributed by atoms with Gasteiger partial charge >= 0.3 is 6.03 Å². The number of ether oxygens (including phenoxy) is 1. The van der Waals surface area contributed by atoms with Gasteiger partial charge in [-0.15, -0.1) is 0 Å². The van der Waals surface area contributed by atoms with Gasteiger partial charge in [-0.25, -0.2) is 4.79 Å². The van der Waals surface area contributed by atoms with E-state index in [4.69, 9.17) is 16.3 Å². The lowest BCUT2D eigenvalue weighted by molar-refractivity contribution is -0.143. The number of amides is 4. The maximum absolute atomic E-state index is 13.4. The molecule has 1 fully saturated rings. The average molecular weight is 599 g/mol. The van der Waals surface area contributed by atoms with Gasteiger partial charge in [-0.1, -0.05) is 74.0 Å². The number of nitrogens with one attached hydrogen (secondary N) is 3. The number of benzene rings is 2. The normalized spacial score (nSPS) is 17.4. The molecule has 0 spiro atoms. The zero-order valence-corrected chi connectivity index (χ0v) is 24.4. The van der Waals surface area contributed by atoms with Crippen LogP contribution in [0.25, 0.3) is 0 Å². The van der Waals surface area contributed by atoms with Gasteiger partial charge in [0.1, 0.15) is 18.4 Å². The summed E-state index contributed by atoms with van der Waals surface area (Å²) in [5.41, 5.74) is -0.602. The lowest BCUT2D eigenvalue weighted by atomic mass is 9.84. The molecule has 2 aromatic carbocycles. The molecule has 10 nitrogen and oxygen atoms in total. The largest absolute Gasteiger partial charge is 0.491 e. The second kappa shape index (κ2) is 15.0. The van der Waals surface area contributed by atoms with E-state index >= 15 is 0 Å². The lowest BCUT2D eigenvalue weighted by Gasteiger charge is -2.30. The Morgan fingerprint density at radius 3 is 2.67 bits per heavy atom. The highest BCUT2D eigenvalue weighted by Gasteiger charge is 2.35. The monoisotopic (exact) mass is 598 g/mol. The number of rotatable bonds is 11. The summed E-state index contributed by atoms with van der Waals surface area (Å²) in [6, 6.07) is 13.0. The number of hydrogen-bond acceptors (Lipinski definition) is 6. The van der Waals surface area contributed by atoms with E-state index < -0.39 is 23.7 Å². The molecule has 2 atom stereocenters. The van der Waals surface area contributed by atoms with Gasteiger partial charge in [0, 0.05) is 36.5 Å². The predicted octanol–water partition coefficient (Wildman–Crippen LogP) is 3.68. The molecule has 1 aliphatic heterocycles. The van der Waals surface area contributed by atoms with Crippen LogP contribution in [0.2, 0.25) is 5.02 Å². The van der Waals surface area contributed by atoms with Gasteiger partial charge in [-0.05, 0) is 36.1 Å². The third-order valence-electron chi connectivity index (χ3n) is 7.82. The van der Waals surface area contributed by atoms with Gasteiger partial charge in [-0.3, -0.25) is 14.4 Å². The molecule has 2 aromatic rings. The number of para-hydroxylation sites is 1. The summed E-state index contributed by atoms with van der Waals surface area (Å²) in [7, 11) is 0. The number of carbonyl (C=O) groups excluding carboxylic acids is 4. The molecule has 4 amide bonds. The third-order valence-corrected chi connectivity index (χ3v) is 8.05. The Morgan fingerprint density at radius 2 is 1.90 bits per heavy atom. The van der Waals surface area contributed by atoms with E-state index in [0.717, 1.165) is 49.0 Å². The summed E-state index contributed by atoms with van der Waals surface area (Å²) in [4.78, 5) is 52.7. The lowest BCUT2D eigenvalue weighted by Crippen LogP contribution is -2.58. The van der Waals surface area contributed by atoms with Crippen molar-refractivity contribution >= 4 is 35.7 Å². The van der Waals surface area contributed by atoms with Gasteiger partial charge in [0.2, 0.25) is 11.8 Å². The average Bonchev–Trinajstić information content (AvgIpc) is 3.22. The molecule has 42 heavy (non-hydrogen) atoms. The van der Waals surface area contributed by atoms with Crippen molar-refractivity contribution in [2.75, 3.05) is 13.2 Å². The number of hydrogen-bond donors (Lipinski definition) is 4. The van der Waals surface area contributed by atoms with E-state index in [1.165, 1.54) is 0 Å². The Bertz CT molecular complexity index is 1250. The van der Waals surface area contributed by atoms with Crippen molar-refractivity contribution in [2.24, 2.45) is 5.92 Å². The molecule has 11 heteroatoms. The fraction of sp³-hybridized carbons (Fsp3) is 0.484. The van der Waals surface area contributed by atoms with Crippen molar-refractivity contribution in [1.82, 2.24) is 20.9 Å². The van der Waals surface area contributed by atoms with Crippen LogP contribution in [0.4, 0.5) is 4.79 Å². The predicted molar refractivity (Wildman–Crippen MR) is 158 cm³/mol. The van der Waals surface area contributed by atoms with E-state index in [2.05, 4.69) is 16.0 Å². The first kappa shape index (κ1) is 31.3. The van der Waals surface area contributed by atoms with Crippen LogP contribution in [0.3, 0.4) is 0 Å². The maximum atomic E-state index is 13.4. The minimum atomic E-state index is -2.27. The highest BCUT2D eigenvalue weighted by Crippen LogP contribution is 2.28. The van der Waals surface area contributed by atoms with Crippen molar-refractivity contribution in [3.8, 4) is 5.75 Å². The van der Waals surface area contributed by atoms with Crippen molar-refractivity contribution in [3.05, 3.63) is 64.7 Å². The summed E-state index contributed by atoms with van der Waals surface area (Å²) >= 11 is 6.02. The molecule has 226 valence electrons. The molecule has 1 unspecified atom stereocenters. The summed E-state index contributed by atoms with van der Waals surface area (Å²) in [5.74, 6) is -0.0148. The van der Waals surface area contributed by atoms with Crippen molar-refractivity contribution in [2.45, 2.75) is 76.2 Å². The minimum absolute atomic E-state index is 0.168. The van der Waals surface area contributed by atoms with Crippen LogP contribution < -0.4 is 20.7 Å². The second-order valence-electron chi connectivity index (χ2n) is 11.1. The van der Waals surface area contributed by atoms with E-state index in [1.807, 2.05) is 30.3 Å². The topological polar surface area (TPSA) is 137 Å². The molecule has 0 bridgehead atoms. The second-order valence-corrected chi connectivity index (χ2v) is 11.5. The number of urea groups is 1. The van der Waals surface area contributed by atoms with Crippen molar-refractivity contribution in [3.63, 3.8) is 0 Å². The SMILES string of the molecule is O=CC(O)(CCC(=O)N1CCOc2ccccc2C1)NC(=O)[C@H](CC1CCCCC1)NC(=O)NCc1cccc(Cl)c1. The molecule has 1 saturated carbocycles. The molecular weight excluding hydrogens is 560 g/mol. The van der Waals surface area contributed by atoms with Crippen LogP contribution in [-0.4, -0.2) is 59.1 Å². The van der Waals surface area contributed by atoms with Crippen LogP contribution >= 0.6 is 11.6 Å². The van der Waals surface area contributed by atoms with Gasteiger partial charge < -0.3 is 30.7 Å². The Balaban J connectivity index is 1.36. The standard InChI is InChI=1S/C31H39ClN4O6/c32-25-11-6-9-23(17-25)19-33-30(40)34-26(18-22-7-2-1-3-8-22)29(39)35-31(41,21-37)14-13-28(38)36-15-16-42-27-12-5-4-10-24(27)20-36/h4-6,9-12,17,21-22,26,41H,1-3,7-8,13-16,18-20H2,(H,35,39)(H2,33,34,40)/t26-,31?/m0/s1. The van der Waals surface area contributed by atoms with Crippen LogP contribution in [0.15, 0.2) is 48.5 Å². The first-order chi connectivity index (χ1) is 20.2. The number of carbonyl (C=O) groups is 4. The van der Waals surface area contributed by atoms with Crippen LogP contribution in [-0.2, 0) is 27.5 Å². The Labute approximate surface area is 251 Å². The number of nitrogens with zero attached hydrogens (tertiary/aromatic N) is 1. The summed E-state index contributed by atoms with van der Waals surface area (Å²) in [6.07, 6.45) is 5.23. The first-order valence-electron chi connectivity index (χ1n) is 14.5. The molecule has 2 aliphatic rings. The zero-order valence-electron chi connectivity index (χ0n) is 23.6. The van der Waals surface area contributed by atoms with Gasteiger partial charge in [-0.2, -0.15) is 0 Å². The van der Waals surface area contributed by atoms with E-state index in [1.54, 1.807) is 23.1 Å². The molecule has 0 radical (unpaired) electrons. The highest BCUT2D eigenvalue weighted by molar-refractivity contribution is 6.30. The summed E-state index contributed by atoms with van der Waals surface area (Å²) in [5, 5.41) is 19.4. The summed E-state index contributed by atoms with van der Waals surface area (Å²) < 4.78 is 5.71. The Kier molecular flexibility index (Phi) is 11.2. The molecule has 4 rings (SSSR count). The van der Waals surface area contributed by atoms with Gasteiger partial charge in [0.25, 0.3) is 0 Å². The number of aldehydes is 1. The highest BCUT2D eigenvalue weighted by atomic mass is 35.5. The van der Waals surface area contributed by atoms with Crippen LogP contribution in [0.1, 0.15) is 62.5 Å². The fourth-order valence-electron chi connectivity index (χ4n) is 5.47. The smallest absolute Gasteiger partial charge is 0.315 e. The molecule has 4 N–H and O–H groups in total. The van der Waals surface area contributed by atoms with Crippen LogP contribution in [0.5, 0.6) is 5.75 Å². The molecule has 0 aromatic heterocycles. The van der Waals surface area contributed by atoms with Crippen molar-refractivity contribution in [1.29, 1.82) is 0 Å².